The van der Waals surface area contributed by atoms with Crippen molar-refractivity contribution in [3.05, 3.63) is 0 Å². The molecule has 1 atom stereocenters. The Kier molecular flexibility index (Phi) is 4.99. The van der Waals surface area contributed by atoms with E-state index in [9.17, 15) is 0 Å². The minimum atomic E-state index is 0.407. The molecule has 0 radical (unpaired) electrons. The lowest BCUT2D eigenvalue weighted by Crippen LogP contribution is -2.10. The van der Waals surface area contributed by atoms with Crippen LogP contribution >= 0.6 is 0 Å². The zero-order valence-electron chi connectivity index (χ0n) is 7.22. The Morgan fingerprint density at radius 1 is 1.60 bits per heavy atom. The molecule has 2 heteroatoms. The SMILES string of the molecule is CCCCC(C)N=C(C)N. The van der Waals surface area contributed by atoms with Crippen LogP contribution in [-0.2, 0) is 0 Å². The monoisotopic (exact) mass is 142 g/mol. The van der Waals surface area contributed by atoms with Crippen LogP contribution < -0.4 is 5.73 Å². The first-order valence-electron chi connectivity index (χ1n) is 3.96. The summed E-state index contributed by atoms with van der Waals surface area (Å²) in [6.07, 6.45) is 3.65. The molecule has 0 aromatic heterocycles. The van der Waals surface area contributed by atoms with E-state index in [1.807, 2.05) is 6.92 Å². The fourth-order valence-electron chi connectivity index (χ4n) is 0.912. The predicted molar refractivity (Wildman–Crippen MR) is 46.3 cm³/mol. The van der Waals surface area contributed by atoms with Crippen LogP contribution in [0.5, 0.6) is 0 Å². The summed E-state index contributed by atoms with van der Waals surface area (Å²) in [5, 5.41) is 0. The Balaban J connectivity index is 3.43. The van der Waals surface area contributed by atoms with Crippen molar-refractivity contribution in [1.29, 1.82) is 0 Å². The second-order valence-corrected chi connectivity index (χ2v) is 2.76. The highest BCUT2D eigenvalue weighted by Crippen LogP contribution is 2.02. The molecule has 10 heavy (non-hydrogen) atoms. The molecule has 1 unspecified atom stereocenters. The third kappa shape index (κ3) is 5.60. The topological polar surface area (TPSA) is 38.4 Å². The first-order chi connectivity index (χ1) is 4.66. The van der Waals surface area contributed by atoms with Gasteiger partial charge in [-0.3, -0.25) is 4.99 Å². The van der Waals surface area contributed by atoms with Crippen molar-refractivity contribution in [2.24, 2.45) is 10.7 Å². The van der Waals surface area contributed by atoms with Gasteiger partial charge in [0.05, 0.1) is 5.84 Å². The Hall–Kier alpha value is -0.530. The third-order valence-corrected chi connectivity index (χ3v) is 1.40. The van der Waals surface area contributed by atoms with Crippen LogP contribution in [0.1, 0.15) is 40.0 Å². The summed E-state index contributed by atoms with van der Waals surface area (Å²) in [4.78, 5) is 4.21. The molecular formula is C8H18N2. The van der Waals surface area contributed by atoms with Crippen LogP contribution in [0.15, 0.2) is 4.99 Å². The quantitative estimate of drug-likeness (QED) is 0.473. The molecular weight excluding hydrogens is 124 g/mol. The van der Waals surface area contributed by atoms with E-state index in [1.54, 1.807) is 0 Å². The van der Waals surface area contributed by atoms with Crippen LogP contribution in [0.3, 0.4) is 0 Å². The Bertz CT molecular complexity index is 104. The maximum atomic E-state index is 5.42. The molecule has 0 aromatic carbocycles. The van der Waals surface area contributed by atoms with Crippen molar-refractivity contribution in [1.82, 2.24) is 0 Å². The number of nitrogens with two attached hydrogens (primary N) is 1. The van der Waals surface area contributed by atoms with E-state index >= 15 is 0 Å². The number of nitrogens with zero attached hydrogens (tertiary/aromatic N) is 1. The van der Waals surface area contributed by atoms with Crippen LogP contribution in [0, 0.1) is 0 Å². The van der Waals surface area contributed by atoms with E-state index in [1.165, 1.54) is 12.8 Å². The molecule has 0 saturated carbocycles. The van der Waals surface area contributed by atoms with Gasteiger partial charge in [-0.1, -0.05) is 19.8 Å². The fourth-order valence-corrected chi connectivity index (χ4v) is 0.912. The van der Waals surface area contributed by atoms with Gasteiger partial charge < -0.3 is 5.73 Å². The van der Waals surface area contributed by atoms with Gasteiger partial charge >= 0.3 is 0 Å². The summed E-state index contributed by atoms with van der Waals surface area (Å²) in [6.45, 7) is 6.13. The summed E-state index contributed by atoms with van der Waals surface area (Å²) in [5.74, 6) is 0.698. The van der Waals surface area contributed by atoms with Crippen molar-refractivity contribution in [2.75, 3.05) is 0 Å². The highest BCUT2D eigenvalue weighted by Gasteiger charge is 1.96. The standard InChI is InChI=1S/C8H18N2/c1-4-5-6-7(2)10-8(3)9/h7H,4-6H2,1-3H3,(H2,9,10). The third-order valence-electron chi connectivity index (χ3n) is 1.40. The van der Waals surface area contributed by atoms with Gasteiger partial charge in [-0.25, -0.2) is 0 Å². The summed E-state index contributed by atoms with van der Waals surface area (Å²) in [5.41, 5.74) is 5.42. The van der Waals surface area contributed by atoms with Crippen molar-refractivity contribution in [2.45, 2.75) is 46.1 Å². The Labute approximate surface area is 63.5 Å². The molecule has 0 heterocycles. The van der Waals surface area contributed by atoms with Crippen molar-refractivity contribution >= 4 is 5.84 Å². The summed E-state index contributed by atoms with van der Waals surface area (Å²) >= 11 is 0. The first-order valence-corrected chi connectivity index (χ1v) is 3.96. The van der Waals surface area contributed by atoms with Crippen molar-refractivity contribution < 1.29 is 0 Å². The van der Waals surface area contributed by atoms with E-state index < -0.39 is 0 Å². The molecule has 0 rings (SSSR count). The number of unbranched alkanes of at least 4 members (excludes halogenated alkanes) is 1. The van der Waals surface area contributed by atoms with E-state index in [0.29, 0.717) is 11.9 Å². The van der Waals surface area contributed by atoms with E-state index in [-0.39, 0.29) is 0 Å². The zero-order valence-corrected chi connectivity index (χ0v) is 7.22. The lowest BCUT2D eigenvalue weighted by atomic mass is 10.1. The summed E-state index contributed by atoms with van der Waals surface area (Å²) < 4.78 is 0. The number of hydrogen-bond acceptors (Lipinski definition) is 1. The van der Waals surface area contributed by atoms with Gasteiger partial charge in [0.25, 0.3) is 0 Å². The van der Waals surface area contributed by atoms with E-state index in [2.05, 4.69) is 18.8 Å². The van der Waals surface area contributed by atoms with Gasteiger partial charge in [-0.05, 0) is 20.3 Å². The van der Waals surface area contributed by atoms with Gasteiger partial charge in [-0.15, -0.1) is 0 Å². The van der Waals surface area contributed by atoms with Gasteiger partial charge in [0.1, 0.15) is 0 Å². The van der Waals surface area contributed by atoms with Crippen LogP contribution in [0.2, 0.25) is 0 Å². The molecule has 0 spiro atoms. The van der Waals surface area contributed by atoms with Gasteiger partial charge in [-0.2, -0.15) is 0 Å². The maximum absolute atomic E-state index is 5.42. The molecule has 0 aromatic rings. The van der Waals surface area contributed by atoms with Gasteiger partial charge in [0, 0.05) is 6.04 Å². The zero-order chi connectivity index (χ0) is 7.98. The fraction of sp³-hybridized carbons (Fsp3) is 0.875. The minimum absolute atomic E-state index is 0.407. The Morgan fingerprint density at radius 2 is 2.20 bits per heavy atom. The molecule has 0 aliphatic heterocycles. The van der Waals surface area contributed by atoms with Crippen molar-refractivity contribution in [3.8, 4) is 0 Å². The highest BCUT2D eigenvalue weighted by atomic mass is 14.9. The van der Waals surface area contributed by atoms with Gasteiger partial charge in [0.2, 0.25) is 0 Å². The molecule has 0 aliphatic carbocycles. The highest BCUT2D eigenvalue weighted by molar-refractivity contribution is 5.77. The summed E-state index contributed by atoms with van der Waals surface area (Å²) in [6, 6.07) is 0.407. The average molecular weight is 142 g/mol. The van der Waals surface area contributed by atoms with E-state index in [0.717, 1.165) is 6.42 Å². The number of amidine groups is 1. The molecule has 0 amide bonds. The average Bonchev–Trinajstić information content (AvgIpc) is 1.82. The normalized spacial score (nSPS) is 15.3. The van der Waals surface area contributed by atoms with Crippen molar-refractivity contribution in [3.63, 3.8) is 0 Å². The first kappa shape index (κ1) is 9.47. The van der Waals surface area contributed by atoms with E-state index in [4.69, 9.17) is 5.73 Å². The predicted octanol–water partition coefficient (Wildman–Crippen LogP) is 1.94. The molecule has 0 fully saturated rings. The molecule has 0 saturated heterocycles. The lowest BCUT2D eigenvalue weighted by Gasteiger charge is -2.04. The van der Waals surface area contributed by atoms with Gasteiger partial charge in [0.15, 0.2) is 0 Å². The van der Waals surface area contributed by atoms with Crippen LogP contribution in [0.4, 0.5) is 0 Å². The molecule has 0 aliphatic rings. The second kappa shape index (κ2) is 5.27. The smallest absolute Gasteiger partial charge is 0.0908 e. The lowest BCUT2D eigenvalue weighted by molar-refractivity contribution is 0.617. The Morgan fingerprint density at radius 3 is 2.60 bits per heavy atom. The molecule has 60 valence electrons. The largest absolute Gasteiger partial charge is 0.388 e. The maximum Gasteiger partial charge on any atom is 0.0908 e. The summed E-state index contributed by atoms with van der Waals surface area (Å²) in [7, 11) is 0. The number of aliphatic imine (C=N–C) groups is 1. The van der Waals surface area contributed by atoms with Crippen LogP contribution in [-0.4, -0.2) is 11.9 Å². The number of hydrogen-bond donors (Lipinski definition) is 1. The second-order valence-electron chi connectivity index (χ2n) is 2.76. The molecule has 2 N–H and O–H groups in total. The van der Waals surface area contributed by atoms with Crippen LogP contribution in [0.25, 0.3) is 0 Å². The molecule has 2 nitrogen and oxygen atoms in total. The molecule has 0 bridgehead atoms. The minimum Gasteiger partial charge on any atom is -0.388 e. The number of rotatable bonds is 4.